The van der Waals surface area contributed by atoms with Crippen molar-refractivity contribution in [2.24, 2.45) is 0 Å². The molecule has 0 radical (unpaired) electrons. The van der Waals surface area contributed by atoms with E-state index in [9.17, 15) is 4.79 Å². The first-order valence-corrected chi connectivity index (χ1v) is 8.10. The number of nitriles is 1. The predicted molar refractivity (Wildman–Crippen MR) is 99.5 cm³/mol. The lowest BCUT2D eigenvalue weighted by molar-refractivity contribution is 0.104. The normalized spacial score (nSPS) is 10.4. The summed E-state index contributed by atoms with van der Waals surface area (Å²) in [7, 11) is 0. The van der Waals surface area contributed by atoms with Crippen LogP contribution in [0.15, 0.2) is 79.0 Å². The number of hydrogen-bond donors (Lipinski definition) is 0. The standard InChI is InChI=1S/C22H16N2O2/c23-15-18-4-9-19(10-5-18)22(25)13-8-17-6-11-21(12-7-17)26-16-20-3-1-2-14-24-20/h1-14H,16H2/b13-8+. The average Bonchev–Trinajstić information content (AvgIpc) is 2.72. The summed E-state index contributed by atoms with van der Waals surface area (Å²) in [6.45, 7) is 0.410. The van der Waals surface area contributed by atoms with Gasteiger partial charge in [0.15, 0.2) is 5.78 Å². The fraction of sp³-hybridized carbons (Fsp3) is 0.0455. The van der Waals surface area contributed by atoms with Crippen LogP contribution in [0, 0.1) is 11.3 Å². The molecule has 0 aliphatic carbocycles. The molecule has 0 aliphatic heterocycles. The molecule has 0 N–H and O–H groups in total. The molecule has 3 aromatic rings. The smallest absolute Gasteiger partial charge is 0.185 e. The van der Waals surface area contributed by atoms with Gasteiger partial charge in [-0.1, -0.05) is 24.3 Å². The third-order valence-electron chi connectivity index (χ3n) is 3.72. The Bertz CT molecular complexity index is 938. The molecule has 0 unspecified atom stereocenters. The van der Waals surface area contributed by atoms with Gasteiger partial charge in [0.05, 0.1) is 17.3 Å². The van der Waals surface area contributed by atoms with Crippen LogP contribution >= 0.6 is 0 Å². The lowest BCUT2D eigenvalue weighted by Gasteiger charge is -2.05. The summed E-state index contributed by atoms with van der Waals surface area (Å²) in [5.41, 5.74) is 2.85. The topological polar surface area (TPSA) is 63.0 Å². The van der Waals surface area contributed by atoms with Crippen LogP contribution in [0.3, 0.4) is 0 Å². The van der Waals surface area contributed by atoms with E-state index in [0.29, 0.717) is 17.7 Å². The quantitative estimate of drug-likeness (QED) is 0.492. The average molecular weight is 340 g/mol. The van der Waals surface area contributed by atoms with E-state index in [1.165, 1.54) is 6.08 Å². The Balaban J connectivity index is 1.58. The summed E-state index contributed by atoms with van der Waals surface area (Å²) < 4.78 is 5.68. The number of carbonyl (C=O) groups is 1. The Labute approximate surface area is 152 Å². The molecule has 0 saturated carbocycles. The van der Waals surface area contributed by atoms with E-state index in [1.54, 1.807) is 36.5 Å². The number of pyridine rings is 1. The first-order chi connectivity index (χ1) is 12.7. The number of ether oxygens (including phenoxy) is 1. The number of hydrogen-bond acceptors (Lipinski definition) is 4. The predicted octanol–water partition coefficient (Wildman–Crippen LogP) is 4.43. The highest BCUT2D eigenvalue weighted by atomic mass is 16.5. The number of nitrogens with zero attached hydrogens (tertiary/aromatic N) is 2. The van der Waals surface area contributed by atoms with Crippen LogP contribution in [0.5, 0.6) is 5.75 Å². The summed E-state index contributed by atoms with van der Waals surface area (Å²) in [4.78, 5) is 16.4. The van der Waals surface area contributed by atoms with Crippen LogP contribution in [0.1, 0.15) is 27.2 Å². The van der Waals surface area contributed by atoms with Crippen molar-refractivity contribution in [3.05, 3.63) is 101 Å². The molecule has 0 fully saturated rings. The Morgan fingerprint density at radius 2 is 1.81 bits per heavy atom. The van der Waals surface area contributed by atoms with Crippen LogP contribution in [-0.4, -0.2) is 10.8 Å². The SMILES string of the molecule is N#Cc1ccc(C(=O)/C=C/c2ccc(OCc3ccccn3)cc2)cc1. The van der Waals surface area contributed by atoms with Gasteiger partial charge in [-0.05, 0) is 60.2 Å². The number of carbonyl (C=O) groups excluding carboxylic acids is 1. The number of benzene rings is 2. The van der Waals surface area contributed by atoms with E-state index >= 15 is 0 Å². The van der Waals surface area contributed by atoms with Crippen molar-refractivity contribution in [1.29, 1.82) is 5.26 Å². The van der Waals surface area contributed by atoms with Crippen LogP contribution in [-0.2, 0) is 6.61 Å². The van der Waals surface area contributed by atoms with Crippen molar-refractivity contribution >= 4 is 11.9 Å². The van der Waals surface area contributed by atoms with Gasteiger partial charge in [-0.25, -0.2) is 0 Å². The maximum atomic E-state index is 12.1. The Morgan fingerprint density at radius 1 is 1.04 bits per heavy atom. The molecule has 2 aromatic carbocycles. The highest BCUT2D eigenvalue weighted by Gasteiger charge is 2.02. The van der Waals surface area contributed by atoms with Crippen LogP contribution in [0.25, 0.3) is 6.08 Å². The van der Waals surface area contributed by atoms with Gasteiger partial charge in [-0.15, -0.1) is 0 Å². The largest absolute Gasteiger partial charge is 0.487 e. The molecule has 26 heavy (non-hydrogen) atoms. The first kappa shape index (κ1) is 17.1. The van der Waals surface area contributed by atoms with Gasteiger partial charge < -0.3 is 4.74 Å². The molecule has 126 valence electrons. The van der Waals surface area contributed by atoms with Crippen molar-refractivity contribution in [1.82, 2.24) is 4.98 Å². The molecule has 1 heterocycles. The molecular weight excluding hydrogens is 324 g/mol. The number of rotatable bonds is 6. The Morgan fingerprint density at radius 3 is 2.46 bits per heavy atom. The van der Waals surface area contributed by atoms with Crippen LogP contribution in [0.2, 0.25) is 0 Å². The fourth-order valence-corrected chi connectivity index (χ4v) is 2.29. The maximum absolute atomic E-state index is 12.1. The van der Waals surface area contributed by atoms with Gasteiger partial charge in [0.2, 0.25) is 0 Å². The molecule has 3 rings (SSSR count). The molecule has 1 aromatic heterocycles. The van der Waals surface area contributed by atoms with Crippen LogP contribution < -0.4 is 4.74 Å². The lowest BCUT2D eigenvalue weighted by atomic mass is 10.1. The van der Waals surface area contributed by atoms with Gasteiger partial charge in [0.25, 0.3) is 0 Å². The minimum Gasteiger partial charge on any atom is -0.487 e. The van der Waals surface area contributed by atoms with E-state index in [-0.39, 0.29) is 5.78 Å². The molecule has 0 atom stereocenters. The van der Waals surface area contributed by atoms with Gasteiger partial charge >= 0.3 is 0 Å². The van der Waals surface area contributed by atoms with Crippen molar-refractivity contribution in [3.8, 4) is 11.8 Å². The minimum atomic E-state index is -0.107. The van der Waals surface area contributed by atoms with Crippen LogP contribution in [0.4, 0.5) is 0 Å². The second-order valence-electron chi connectivity index (χ2n) is 5.57. The van der Waals surface area contributed by atoms with Gasteiger partial charge in [-0.3, -0.25) is 9.78 Å². The molecule has 0 amide bonds. The Kier molecular flexibility index (Phi) is 5.54. The van der Waals surface area contributed by atoms with E-state index < -0.39 is 0 Å². The molecule has 0 spiro atoms. The number of allylic oxidation sites excluding steroid dienone is 1. The minimum absolute atomic E-state index is 0.107. The first-order valence-electron chi connectivity index (χ1n) is 8.10. The van der Waals surface area contributed by atoms with E-state index in [4.69, 9.17) is 10.00 Å². The zero-order valence-electron chi connectivity index (χ0n) is 14.0. The van der Waals surface area contributed by atoms with E-state index in [2.05, 4.69) is 4.98 Å². The summed E-state index contributed by atoms with van der Waals surface area (Å²) >= 11 is 0. The molecule has 4 heteroatoms. The monoisotopic (exact) mass is 340 g/mol. The molecule has 0 bridgehead atoms. The Hall–Kier alpha value is -3.71. The highest BCUT2D eigenvalue weighted by Crippen LogP contribution is 2.15. The van der Waals surface area contributed by atoms with Crippen molar-refractivity contribution in [2.45, 2.75) is 6.61 Å². The highest BCUT2D eigenvalue weighted by molar-refractivity contribution is 6.06. The molecule has 0 saturated heterocycles. The summed E-state index contributed by atoms with van der Waals surface area (Å²) in [5, 5.41) is 8.78. The molecule has 4 nitrogen and oxygen atoms in total. The van der Waals surface area contributed by atoms with E-state index in [1.807, 2.05) is 48.5 Å². The molecule has 0 aliphatic rings. The third-order valence-corrected chi connectivity index (χ3v) is 3.72. The molecular formula is C22H16N2O2. The number of aromatic nitrogens is 1. The second-order valence-corrected chi connectivity index (χ2v) is 5.57. The summed E-state index contributed by atoms with van der Waals surface area (Å²) in [6, 6.07) is 21.8. The second kappa shape index (κ2) is 8.41. The third kappa shape index (κ3) is 4.65. The zero-order chi connectivity index (χ0) is 18.2. The van der Waals surface area contributed by atoms with Gasteiger partial charge in [0.1, 0.15) is 12.4 Å². The van der Waals surface area contributed by atoms with Gasteiger partial charge in [0, 0.05) is 11.8 Å². The van der Waals surface area contributed by atoms with E-state index in [0.717, 1.165) is 17.0 Å². The van der Waals surface area contributed by atoms with Gasteiger partial charge in [-0.2, -0.15) is 5.26 Å². The fourth-order valence-electron chi connectivity index (χ4n) is 2.29. The maximum Gasteiger partial charge on any atom is 0.185 e. The van der Waals surface area contributed by atoms with Crippen molar-refractivity contribution in [3.63, 3.8) is 0 Å². The summed E-state index contributed by atoms with van der Waals surface area (Å²) in [6.07, 6.45) is 5.01. The summed E-state index contributed by atoms with van der Waals surface area (Å²) in [5.74, 6) is 0.635. The van der Waals surface area contributed by atoms with Crippen molar-refractivity contribution in [2.75, 3.05) is 0 Å². The number of ketones is 1. The van der Waals surface area contributed by atoms with Crippen molar-refractivity contribution < 1.29 is 9.53 Å². The zero-order valence-corrected chi connectivity index (χ0v) is 14.0. The lowest BCUT2D eigenvalue weighted by Crippen LogP contribution is -1.97.